The standard InChI is InChI=1S/C23H25N3O5S/c1-15-5-7-19(8-6-15)14-24-32(28,29)22-13-18(9-11-20(22)30-4)10-12-21-23(25-17(3)27)16(2)26-31-21/h5-13,24H,14H2,1-4H3,(H,25,27). The van der Waals surface area contributed by atoms with Gasteiger partial charge in [0.05, 0.1) is 7.11 Å². The average Bonchev–Trinajstić information content (AvgIpc) is 3.10. The number of carbonyl (C=O) groups is 1. The lowest BCUT2D eigenvalue weighted by Gasteiger charge is -2.12. The van der Waals surface area contributed by atoms with Gasteiger partial charge in [0.1, 0.15) is 22.0 Å². The van der Waals surface area contributed by atoms with Crippen LogP contribution in [0.2, 0.25) is 0 Å². The summed E-state index contributed by atoms with van der Waals surface area (Å²) in [4.78, 5) is 11.4. The van der Waals surface area contributed by atoms with Crippen molar-refractivity contribution in [3.63, 3.8) is 0 Å². The Kier molecular flexibility index (Phi) is 7.12. The van der Waals surface area contributed by atoms with Crippen LogP contribution in [0.5, 0.6) is 5.75 Å². The van der Waals surface area contributed by atoms with E-state index < -0.39 is 10.0 Å². The van der Waals surface area contributed by atoms with Crippen molar-refractivity contribution in [1.29, 1.82) is 0 Å². The Morgan fingerprint density at radius 2 is 1.84 bits per heavy atom. The van der Waals surface area contributed by atoms with Gasteiger partial charge in [-0.2, -0.15) is 0 Å². The van der Waals surface area contributed by atoms with Crippen LogP contribution in [-0.2, 0) is 21.4 Å². The van der Waals surface area contributed by atoms with Gasteiger partial charge in [0.25, 0.3) is 0 Å². The Bertz CT molecular complexity index is 1250. The van der Waals surface area contributed by atoms with Crippen molar-refractivity contribution in [2.24, 2.45) is 0 Å². The second-order valence-corrected chi connectivity index (χ2v) is 8.98. The molecule has 0 unspecified atom stereocenters. The highest BCUT2D eigenvalue weighted by molar-refractivity contribution is 7.89. The lowest BCUT2D eigenvalue weighted by molar-refractivity contribution is -0.114. The lowest BCUT2D eigenvalue weighted by Crippen LogP contribution is -2.23. The number of ether oxygens (including phenoxy) is 1. The van der Waals surface area contributed by atoms with E-state index in [0.29, 0.717) is 22.7 Å². The number of amides is 1. The van der Waals surface area contributed by atoms with E-state index in [1.54, 1.807) is 31.2 Å². The predicted molar refractivity (Wildman–Crippen MR) is 123 cm³/mol. The van der Waals surface area contributed by atoms with Crippen molar-refractivity contribution < 1.29 is 22.5 Å². The van der Waals surface area contributed by atoms with Gasteiger partial charge in [-0.3, -0.25) is 4.79 Å². The molecule has 0 fully saturated rings. The van der Waals surface area contributed by atoms with Crippen molar-refractivity contribution in [1.82, 2.24) is 9.88 Å². The number of methoxy groups -OCH3 is 1. The zero-order chi connectivity index (χ0) is 23.3. The van der Waals surface area contributed by atoms with Crippen LogP contribution < -0.4 is 14.8 Å². The average molecular weight is 456 g/mol. The Balaban J connectivity index is 1.86. The van der Waals surface area contributed by atoms with E-state index in [2.05, 4.69) is 15.2 Å². The molecule has 1 aromatic heterocycles. The maximum atomic E-state index is 13.0. The molecule has 0 spiro atoms. The Morgan fingerprint density at radius 1 is 1.12 bits per heavy atom. The number of rotatable bonds is 8. The number of benzene rings is 2. The van der Waals surface area contributed by atoms with Crippen LogP contribution in [-0.4, -0.2) is 26.6 Å². The molecule has 0 saturated carbocycles. The topological polar surface area (TPSA) is 111 Å². The number of nitrogens with zero attached hydrogens (tertiary/aromatic N) is 1. The van der Waals surface area contributed by atoms with Crippen molar-refractivity contribution in [3.05, 3.63) is 70.6 Å². The summed E-state index contributed by atoms with van der Waals surface area (Å²) >= 11 is 0. The molecular formula is C23H25N3O5S. The first-order valence-electron chi connectivity index (χ1n) is 9.85. The van der Waals surface area contributed by atoms with Crippen LogP contribution in [0.4, 0.5) is 5.69 Å². The van der Waals surface area contributed by atoms with E-state index in [4.69, 9.17) is 9.26 Å². The molecule has 0 aliphatic carbocycles. The van der Waals surface area contributed by atoms with Gasteiger partial charge in [0.2, 0.25) is 15.9 Å². The lowest BCUT2D eigenvalue weighted by atomic mass is 10.2. The molecule has 1 heterocycles. The maximum absolute atomic E-state index is 13.0. The number of carbonyl (C=O) groups excluding carboxylic acids is 1. The smallest absolute Gasteiger partial charge is 0.244 e. The molecule has 0 aliphatic heterocycles. The molecule has 168 valence electrons. The summed E-state index contributed by atoms with van der Waals surface area (Å²) in [6.07, 6.45) is 3.28. The zero-order valence-electron chi connectivity index (χ0n) is 18.3. The largest absolute Gasteiger partial charge is 0.495 e. The molecule has 2 aromatic carbocycles. The van der Waals surface area contributed by atoms with Crippen LogP contribution in [0.25, 0.3) is 12.2 Å². The summed E-state index contributed by atoms with van der Waals surface area (Å²) in [7, 11) is -2.42. The molecule has 2 N–H and O–H groups in total. The van der Waals surface area contributed by atoms with Crippen molar-refractivity contribution >= 4 is 33.8 Å². The van der Waals surface area contributed by atoms with E-state index in [1.165, 1.54) is 20.1 Å². The van der Waals surface area contributed by atoms with Gasteiger partial charge in [0, 0.05) is 13.5 Å². The third-order valence-corrected chi connectivity index (χ3v) is 6.10. The van der Waals surface area contributed by atoms with Gasteiger partial charge in [-0.15, -0.1) is 0 Å². The fourth-order valence-corrected chi connectivity index (χ4v) is 4.19. The minimum Gasteiger partial charge on any atom is -0.495 e. The van der Waals surface area contributed by atoms with E-state index in [1.807, 2.05) is 31.2 Å². The first-order chi connectivity index (χ1) is 15.2. The van der Waals surface area contributed by atoms with Gasteiger partial charge in [-0.1, -0.05) is 47.1 Å². The fourth-order valence-electron chi connectivity index (χ4n) is 2.97. The Labute approximate surface area is 187 Å². The van der Waals surface area contributed by atoms with Crippen molar-refractivity contribution in [3.8, 4) is 5.75 Å². The van der Waals surface area contributed by atoms with Crippen LogP contribution in [0, 0.1) is 13.8 Å². The minimum absolute atomic E-state index is 0.0186. The van der Waals surface area contributed by atoms with Gasteiger partial charge in [-0.05, 0) is 43.2 Å². The third-order valence-electron chi connectivity index (χ3n) is 4.68. The number of hydrogen-bond donors (Lipinski definition) is 2. The maximum Gasteiger partial charge on any atom is 0.244 e. The highest BCUT2D eigenvalue weighted by Gasteiger charge is 2.20. The molecule has 0 saturated heterocycles. The molecule has 0 aliphatic rings. The van der Waals surface area contributed by atoms with Crippen molar-refractivity contribution in [2.45, 2.75) is 32.2 Å². The number of nitrogens with one attached hydrogen (secondary N) is 2. The molecule has 1 amide bonds. The zero-order valence-corrected chi connectivity index (χ0v) is 19.1. The van der Waals surface area contributed by atoms with E-state index in [9.17, 15) is 13.2 Å². The minimum atomic E-state index is -3.84. The third kappa shape index (κ3) is 5.63. The molecule has 0 radical (unpaired) electrons. The summed E-state index contributed by atoms with van der Waals surface area (Å²) in [6.45, 7) is 5.23. The van der Waals surface area contributed by atoms with Crippen LogP contribution in [0.1, 0.15) is 35.1 Å². The normalized spacial score (nSPS) is 11.6. The monoisotopic (exact) mass is 455 g/mol. The van der Waals surface area contributed by atoms with Gasteiger partial charge >= 0.3 is 0 Å². The summed E-state index contributed by atoms with van der Waals surface area (Å²) < 4.78 is 39.1. The van der Waals surface area contributed by atoms with Crippen molar-refractivity contribution in [2.75, 3.05) is 12.4 Å². The fraction of sp³-hybridized carbons (Fsp3) is 0.217. The Morgan fingerprint density at radius 3 is 2.50 bits per heavy atom. The molecule has 3 rings (SSSR count). The molecular weight excluding hydrogens is 430 g/mol. The highest BCUT2D eigenvalue weighted by Crippen LogP contribution is 2.27. The second-order valence-electron chi connectivity index (χ2n) is 7.24. The van der Waals surface area contributed by atoms with Crippen LogP contribution in [0.3, 0.4) is 0 Å². The van der Waals surface area contributed by atoms with Crippen LogP contribution >= 0.6 is 0 Å². The molecule has 3 aromatic rings. The molecule has 0 atom stereocenters. The molecule has 0 bridgehead atoms. The number of aryl methyl sites for hydroxylation is 2. The molecule has 8 nitrogen and oxygen atoms in total. The predicted octanol–water partition coefficient (Wildman–Crippen LogP) is 3.91. The number of sulfonamides is 1. The Hall–Kier alpha value is -3.43. The number of aromatic nitrogens is 1. The quantitative estimate of drug-likeness (QED) is 0.533. The number of hydrogen-bond acceptors (Lipinski definition) is 6. The highest BCUT2D eigenvalue weighted by atomic mass is 32.2. The number of anilines is 1. The van der Waals surface area contributed by atoms with Gasteiger partial charge in [0.15, 0.2) is 5.76 Å². The van der Waals surface area contributed by atoms with E-state index in [-0.39, 0.29) is 23.1 Å². The first-order valence-corrected chi connectivity index (χ1v) is 11.3. The van der Waals surface area contributed by atoms with E-state index >= 15 is 0 Å². The summed E-state index contributed by atoms with van der Waals surface area (Å²) in [6, 6.07) is 12.4. The molecule has 9 heteroatoms. The first kappa shape index (κ1) is 23.2. The second kappa shape index (κ2) is 9.80. The molecule has 32 heavy (non-hydrogen) atoms. The SMILES string of the molecule is COc1ccc(C=Cc2onc(C)c2NC(C)=O)cc1S(=O)(=O)NCc1ccc(C)cc1. The van der Waals surface area contributed by atoms with Gasteiger partial charge < -0.3 is 14.6 Å². The summed E-state index contributed by atoms with van der Waals surface area (Å²) in [5.74, 6) is 0.340. The summed E-state index contributed by atoms with van der Waals surface area (Å²) in [5.41, 5.74) is 3.55. The van der Waals surface area contributed by atoms with Gasteiger partial charge in [-0.25, -0.2) is 13.1 Å². The van der Waals surface area contributed by atoms with Crippen LogP contribution in [0.15, 0.2) is 51.9 Å². The van der Waals surface area contributed by atoms with E-state index in [0.717, 1.165) is 11.1 Å². The summed E-state index contributed by atoms with van der Waals surface area (Å²) in [5, 5.41) is 6.53.